The van der Waals surface area contributed by atoms with Gasteiger partial charge in [0.25, 0.3) is 11.8 Å². The minimum Gasteiger partial charge on any atom is -0.378 e. The van der Waals surface area contributed by atoms with E-state index in [2.05, 4.69) is 4.90 Å². The maximum absolute atomic E-state index is 12.8. The molecule has 2 aliphatic rings. The third kappa shape index (κ3) is 6.19. The topological polar surface area (TPSA) is 77.0 Å². The van der Waals surface area contributed by atoms with Crippen LogP contribution in [0.5, 0.6) is 0 Å². The molecule has 0 aliphatic carbocycles. The zero-order valence-corrected chi connectivity index (χ0v) is 22.2. The van der Waals surface area contributed by atoms with Gasteiger partial charge >= 0.3 is 0 Å². The summed E-state index contributed by atoms with van der Waals surface area (Å²) in [5, 5.41) is 11.0. The minimum absolute atomic E-state index is 0.0167. The molecule has 8 heteroatoms. The van der Waals surface area contributed by atoms with Crippen molar-refractivity contribution >= 4 is 29.2 Å². The Labute approximate surface area is 219 Å². The molecule has 0 bridgehead atoms. The van der Waals surface area contributed by atoms with E-state index < -0.39 is 6.10 Å². The van der Waals surface area contributed by atoms with E-state index in [1.165, 1.54) is 6.42 Å². The SMILES string of the molecule is Cc1nc(N2CCC(CC3CCN(C(=O)C(O)c4cccc(Cl)c4)CC3)CC2)ccc1C(=O)N(C)C. The van der Waals surface area contributed by atoms with Crippen LogP contribution in [-0.4, -0.2) is 72.0 Å². The van der Waals surface area contributed by atoms with Gasteiger partial charge in [-0.1, -0.05) is 23.7 Å². The van der Waals surface area contributed by atoms with Crippen molar-refractivity contribution in [1.82, 2.24) is 14.8 Å². The van der Waals surface area contributed by atoms with E-state index >= 15 is 0 Å². The van der Waals surface area contributed by atoms with Gasteiger partial charge in [-0.05, 0) is 80.7 Å². The Morgan fingerprint density at radius 1 is 1.06 bits per heavy atom. The first kappa shape index (κ1) is 26.4. The molecule has 0 radical (unpaired) electrons. The van der Waals surface area contributed by atoms with Gasteiger partial charge < -0.3 is 19.8 Å². The summed E-state index contributed by atoms with van der Waals surface area (Å²) in [6, 6.07) is 10.7. The standard InChI is InChI=1S/C28H37ClN4O3/c1-19-24(27(35)31(2)3)7-8-25(30-19)32-13-9-20(10-14-32)17-21-11-15-33(16-12-21)28(36)26(34)22-5-4-6-23(29)18-22/h4-8,18,20-21,26,34H,9-17H2,1-3H3. The largest absolute Gasteiger partial charge is 0.378 e. The van der Waals surface area contributed by atoms with Gasteiger partial charge in [-0.3, -0.25) is 9.59 Å². The Balaban J connectivity index is 1.23. The number of piperidine rings is 2. The molecule has 1 aromatic carbocycles. The highest BCUT2D eigenvalue weighted by atomic mass is 35.5. The van der Waals surface area contributed by atoms with Crippen molar-refractivity contribution in [1.29, 1.82) is 0 Å². The second-order valence-corrected chi connectivity index (χ2v) is 10.8. The van der Waals surface area contributed by atoms with Gasteiger partial charge in [0.15, 0.2) is 6.10 Å². The smallest absolute Gasteiger partial charge is 0.256 e. The summed E-state index contributed by atoms with van der Waals surface area (Å²) in [4.78, 5) is 35.5. The Morgan fingerprint density at radius 2 is 1.69 bits per heavy atom. The number of likely N-dealkylation sites (tertiary alicyclic amines) is 1. The van der Waals surface area contributed by atoms with Gasteiger partial charge in [-0.25, -0.2) is 4.98 Å². The Morgan fingerprint density at radius 3 is 2.28 bits per heavy atom. The molecule has 1 aromatic heterocycles. The number of aliphatic hydroxyl groups is 1. The summed E-state index contributed by atoms with van der Waals surface area (Å²) in [5.41, 5.74) is 1.98. The number of aromatic nitrogens is 1. The quantitative estimate of drug-likeness (QED) is 0.623. The number of aliphatic hydroxyl groups excluding tert-OH is 1. The monoisotopic (exact) mass is 512 g/mol. The minimum atomic E-state index is -1.16. The fraction of sp³-hybridized carbons (Fsp3) is 0.536. The van der Waals surface area contributed by atoms with Crippen molar-refractivity contribution in [3.05, 3.63) is 58.2 Å². The van der Waals surface area contributed by atoms with Crippen LogP contribution >= 0.6 is 11.6 Å². The number of hydrogen-bond donors (Lipinski definition) is 1. The van der Waals surface area contributed by atoms with Crippen LogP contribution in [0, 0.1) is 18.8 Å². The highest BCUT2D eigenvalue weighted by molar-refractivity contribution is 6.30. The van der Waals surface area contributed by atoms with Crippen LogP contribution in [0.25, 0.3) is 0 Å². The van der Waals surface area contributed by atoms with Crippen molar-refractivity contribution in [2.45, 2.75) is 45.1 Å². The van der Waals surface area contributed by atoms with Crippen LogP contribution in [0.4, 0.5) is 5.82 Å². The molecule has 3 heterocycles. The van der Waals surface area contributed by atoms with Crippen LogP contribution in [0.1, 0.15) is 59.8 Å². The van der Waals surface area contributed by atoms with E-state index in [1.807, 2.05) is 19.1 Å². The molecule has 0 spiro atoms. The second kappa shape index (κ2) is 11.6. The molecule has 2 saturated heterocycles. The van der Waals surface area contributed by atoms with E-state index in [1.54, 1.807) is 48.2 Å². The van der Waals surface area contributed by atoms with Gasteiger partial charge in [0.2, 0.25) is 0 Å². The zero-order chi connectivity index (χ0) is 25.8. The van der Waals surface area contributed by atoms with Crippen molar-refractivity contribution in [2.75, 3.05) is 45.2 Å². The predicted octanol–water partition coefficient (Wildman–Crippen LogP) is 4.32. The molecule has 2 amide bonds. The summed E-state index contributed by atoms with van der Waals surface area (Å²) >= 11 is 6.01. The first-order chi connectivity index (χ1) is 17.2. The lowest BCUT2D eigenvalue weighted by atomic mass is 9.82. The molecule has 1 atom stereocenters. The summed E-state index contributed by atoms with van der Waals surface area (Å²) < 4.78 is 0. The highest BCUT2D eigenvalue weighted by Crippen LogP contribution is 2.32. The summed E-state index contributed by atoms with van der Waals surface area (Å²) in [6.45, 7) is 5.24. The maximum Gasteiger partial charge on any atom is 0.256 e. The Bertz CT molecular complexity index is 1080. The van der Waals surface area contributed by atoms with E-state index in [9.17, 15) is 14.7 Å². The lowest BCUT2D eigenvalue weighted by molar-refractivity contribution is -0.142. The molecule has 4 rings (SSSR count). The van der Waals surface area contributed by atoms with Gasteiger partial charge in [0.05, 0.1) is 11.3 Å². The number of carbonyl (C=O) groups is 2. The Kier molecular flexibility index (Phi) is 8.52. The number of nitrogens with zero attached hydrogens (tertiary/aromatic N) is 4. The average Bonchev–Trinajstić information content (AvgIpc) is 2.88. The molecule has 2 fully saturated rings. The van der Waals surface area contributed by atoms with E-state index in [4.69, 9.17) is 16.6 Å². The van der Waals surface area contributed by atoms with Crippen molar-refractivity contribution < 1.29 is 14.7 Å². The Hall–Kier alpha value is -2.64. The average molecular weight is 513 g/mol. The molecule has 194 valence electrons. The van der Waals surface area contributed by atoms with Crippen molar-refractivity contribution in [2.24, 2.45) is 11.8 Å². The van der Waals surface area contributed by atoms with Crippen LogP contribution < -0.4 is 4.90 Å². The van der Waals surface area contributed by atoms with Crippen LogP contribution in [-0.2, 0) is 4.79 Å². The van der Waals surface area contributed by atoms with Crippen molar-refractivity contribution in [3.63, 3.8) is 0 Å². The fourth-order valence-electron chi connectivity index (χ4n) is 5.44. The number of anilines is 1. The third-order valence-corrected chi connectivity index (χ3v) is 7.87. The fourth-order valence-corrected chi connectivity index (χ4v) is 5.64. The predicted molar refractivity (Wildman–Crippen MR) is 142 cm³/mol. The number of rotatable bonds is 6. The normalized spacial score (nSPS) is 18.2. The first-order valence-corrected chi connectivity index (χ1v) is 13.3. The third-order valence-electron chi connectivity index (χ3n) is 7.64. The first-order valence-electron chi connectivity index (χ1n) is 12.9. The number of pyridine rings is 1. The van der Waals surface area contributed by atoms with E-state index in [-0.39, 0.29) is 11.8 Å². The lowest BCUT2D eigenvalue weighted by Crippen LogP contribution is -2.42. The molecule has 2 aliphatic heterocycles. The van der Waals surface area contributed by atoms with Gasteiger partial charge in [-0.15, -0.1) is 0 Å². The van der Waals surface area contributed by atoms with E-state index in [0.29, 0.717) is 41.1 Å². The number of amides is 2. The maximum atomic E-state index is 12.8. The molecular weight excluding hydrogens is 476 g/mol. The van der Waals surface area contributed by atoms with Gasteiger partial charge in [-0.2, -0.15) is 0 Å². The molecule has 0 saturated carbocycles. The number of benzene rings is 1. The van der Waals surface area contributed by atoms with Crippen LogP contribution in [0.2, 0.25) is 5.02 Å². The zero-order valence-electron chi connectivity index (χ0n) is 21.5. The molecular formula is C28H37ClN4O3. The number of carbonyl (C=O) groups excluding carboxylic acids is 2. The van der Waals surface area contributed by atoms with Gasteiger partial charge in [0.1, 0.15) is 5.82 Å². The summed E-state index contributed by atoms with van der Waals surface area (Å²) in [7, 11) is 3.51. The van der Waals surface area contributed by atoms with Gasteiger partial charge in [0, 0.05) is 45.3 Å². The summed E-state index contributed by atoms with van der Waals surface area (Å²) in [5.74, 6) is 2.00. The number of hydrogen-bond acceptors (Lipinski definition) is 5. The number of halogens is 1. The molecule has 36 heavy (non-hydrogen) atoms. The van der Waals surface area contributed by atoms with E-state index in [0.717, 1.165) is 50.3 Å². The van der Waals surface area contributed by atoms with Crippen molar-refractivity contribution in [3.8, 4) is 0 Å². The number of aryl methyl sites for hydroxylation is 1. The second-order valence-electron chi connectivity index (χ2n) is 10.4. The molecule has 1 N–H and O–H groups in total. The van der Waals surface area contributed by atoms with Crippen LogP contribution in [0.15, 0.2) is 36.4 Å². The molecule has 2 aromatic rings. The molecule has 1 unspecified atom stereocenters. The highest BCUT2D eigenvalue weighted by Gasteiger charge is 2.30. The van der Waals surface area contributed by atoms with Crippen LogP contribution in [0.3, 0.4) is 0 Å². The summed E-state index contributed by atoms with van der Waals surface area (Å²) in [6.07, 6.45) is 4.26. The lowest BCUT2D eigenvalue weighted by Gasteiger charge is -2.37. The molecule has 7 nitrogen and oxygen atoms in total.